The van der Waals surface area contributed by atoms with Crippen molar-refractivity contribution < 1.29 is 61.2 Å². The number of β-lactam (4-membered cyclic amide) rings is 1. The lowest BCUT2D eigenvalue weighted by molar-refractivity contribution is -0.765. The highest BCUT2D eigenvalue weighted by Gasteiger charge is 2.55. The van der Waals surface area contributed by atoms with Crippen LogP contribution in [0.2, 0.25) is 0 Å². The van der Waals surface area contributed by atoms with E-state index in [1.165, 1.54) is 36.5 Å². The monoisotopic (exact) mass is 735 g/mol. The fourth-order valence-electron chi connectivity index (χ4n) is 3.99. The highest BCUT2D eigenvalue weighted by molar-refractivity contribution is 8.00. The second-order valence-corrected chi connectivity index (χ2v) is 12.9. The Kier molecular flexibility index (Phi) is 11.3. The lowest BCUT2D eigenvalue weighted by Gasteiger charge is -2.49. The number of rotatable bonds is 11. The van der Waals surface area contributed by atoms with E-state index >= 15 is 0 Å². The summed E-state index contributed by atoms with van der Waals surface area (Å²) in [5, 5.41) is 27.3. The Labute approximate surface area is 278 Å². The number of nitrogen functional groups attached to an aromatic ring is 2. The van der Waals surface area contributed by atoms with Gasteiger partial charge in [0.25, 0.3) is 11.8 Å². The molecule has 1 fully saturated rings. The number of hydrogen-bond acceptors (Lipinski definition) is 17. The first kappa shape index (κ1) is 37.6. The van der Waals surface area contributed by atoms with Crippen LogP contribution in [-0.2, 0) is 52.8 Å². The summed E-state index contributed by atoms with van der Waals surface area (Å²) in [4.78, 5) is 71.9. The molecule has 11 N–H and O–H groups in total. The molecule has 3 amide bonds. The zero-order chi connectivity index (χ0) is 36.3. The molecule has 4 rings (SSSR count). The van der Waals surface area contributed by atoms with E-state index in [0.717, 1.165) is 16.4 Å². The van der Waals surface area contributed by atoms with Crippen molar-refractivity contribution in [1.29, 1.82) is 0 Å². The van der Waals surface area contributed by atoms with Crippen LogP contribution >= 0.6 is 23.3 Å². The Morgan fingerprint density at radius 2 is 1.90 bits per heavy atom. The third-order valence-corrected chi connectivity index (χ3v) is 8.27. The molecule has 2 aromatic rings. The van der Waals surface area contributed by atoms with Crippen LogP contribution in [0.3, 0.4) is 0 Å². The molecule has 0 aromatic carbocycles. The standard InChI is InChI=1S/C22H27N11O8S2.H2O4S/c1-22(2,20(39)40)41-29-11(15-28-21(25)43-30-15)16(35)27-12-17(36)33-13(19(37)38)8(7-42-18(12)33)5-32-6-9(14(24)31(32)3)26-10(34)4-23;1-5(2,3)4/h6,12,18,24H,4-5,7,23H2,1-3H3,(H6,25,26,27,28,30,34,35,37,38,39,40);(H2,1,2,3,4)/b29-11-;/t12-,18-;/m1./s1. The Morgan fingerprint density at radius 1 is 1.27 bits per heavy atom. The van der Waals surface area contributed by atoms with Gasteiger partial charge in [0.15, 0.2) is 23.2 Å². The van der Waals surface area contributed by atoms with E-state index in [0.29, 0.717) is 5.57 Å². The van der Waals surface area contributed by atoms with Gasteiger partial charge in [-0.25, -0.2) is 18.0 Å². The number of carboxylic acid groups (broad SMARTS) is 2. The number of nitrogens with two attached hydrogens (primary N) is 3. The van der Waals surface area contributed by atoms with Crippen LogP contribution in [0.5, 0.6) is 0 Å². The summed E-state index contributed by atoms with van der Waals surface area (Å²) in [6.45, 7) is 2.18. The van der Waals surface area contributed by atoms with Crippen molar-refractivity contribution in [2.75, 3.05) is 29.1 Å². The van der Waals surface area contributed by atoms with Crippen molar-refractivity contribution in [3.63, 3.8) is 0 Å². The van der Waals surface area contributed by atoms with E-state index in [1.54, 1.807) is 11.7 Å². The molecule has 0 aliphatic carbocycles. The summed E-state index contributed by atoms with van der Waals surface area (Å²) in [6.07, 6.45) is 1.51. The number of thioether (sulfide) groups is 1. The number of nitrogens with zero attached hydrogens (tertiary/aromatic N) is 6. The molecule has 0 bridgehead atoms. The molecule has 2 aliphatic rings. The predicted octanol–water partition coefficient (Wildman–Crippen LogP) is -3.75. The van der Waals surface area contributed by atoms with Gasteiger partial charge in [0, 0.05) is 22.9 Å². The summed E-state index contributed by atoms with van der Waals surface area (Å²) in [5.74, 6) is -4.73. The van der Waals surface area contributed by atoms with E-state index < -0.39 is 62.8 Å². The third kappa shape index (κ3) is 8.72. The largest absolute Gasteiger partial charge is 0.726 e. The van der Waals surface area contributed by atoms with E-state index in [1.807, 2.05) is 0 Å². The topological polar surface area (TPSA) is 365 Å². The molecule has 0 spiro atoms. The number of hydrogen-bond donors (Lipinski definition) is 8. The third-order valence-electron chi connectivity index (χ3n) is 6.39. The molecular formula is C22H29N11O12S3. The number of aromatic nitrogens is 4. The fraction of sp³-hybridized carbons (Fsp3) is 0.409. The first-order valence-electron chi connectivity index (χ1n) is 13.0. The second kappa shape index (κ2) is 14.5. The number of fused-ring (bicyclic) bond motifs is 1. The number of carbonyl (C=O) groups is 5. The van der Waals surface area contributed by atoms with Gasteiger partial charge in [-0.1, -0.05) is 5.16 Å². The van der Waals surface area contributed by atoms with Crippen molar-refractivity contribution in [1.82, 2.24) is 24.3 Å². The molecule has 2 atom stereocenters. The molecule has 23 nitrogen and oxygen atoms in total. The summed E-state index contributed by atoms with van der Waals surface area (Å²) < 4.78 is 39.8. The van der Waals surface area contributed by atoms with Crippen LogP contribution in [0.25, 0.3) is 0 Å². The van der Waals surface area contributed by atoms with Gasteiger partial charge in [-0.2, -0.15) is 9.36 Å². The van der Waals surface area contributed by atoms with Crippen LogP contribution < -0.4 is 32.5 Å². The summed E-state index contributed by atoms with van der Waals surface area (Å²) in [5.41, 5.74) is 15.1. The van der Waals surface area contributed by atoms with Crippen molar-refractivity contribution in [3.8, 4) is 0 Å². The van der Waals surface area contributed by atoms with Gasteiger partial charge in [0.2, 0.25) is 39.6 Å². The highest BCUT2D eigenvalue weighted by Crippen LogP contribution is 2.40. The molecule has 2 aliphatic heterocycles. The minimum atomic E-state index is -4.92. The Balaban J connectivity index is 0.00000116. The number of aliphatic carboxylic acids is 2. The van der Waals surface area contributed by atoms with Crippen LogP contribution in [0.4, 0.5) is 16.6 Å². The predicted molar refractivity (Wildman–Crippen MR) is 163 cm³/mol. The lowest BCUT2D eigenvalue weighted by atomic mass is 10.0. The van der Waals surface area contributed by atoms with Crippen LogP contribution in [0.1, 0.15) is 19.7 Å². The van der Waals surface area contributed by atoms with Gasteiger partial charge in [0.05, 0.1) is 13.6 Å². The summed E-state index contributed by atoms with van der Waals surface area (Å²) in [6, 6.07) is -1.15. The normalized spacial score (nSPS) is 17.8. The van der Waals surface area contributed by atoms with E-state index in [4.69, 9.17) is 39.6 Å². The average Bonchev–Trinajstić information content (AvgIpc) is 3.52. The molecule has 0 saturated carbocycles. The molecule has 26 heteroatoms. The molecule has 0 radical (unpaired) electrons. The Hall–Kier alpha value is -4.89. The molecule has 2 aromatic heterocycles. The fourth-order valence-corrected chi connectivity index (χ4v) is 5.76. The maximum absolute atomic E-state index is 13.2. The smallest absolute Gasteiger partial charge is 0.352 e. The number of oxime groups is 1. The molecule has 48 heavy (non-hydrogen) atoms. The minimum Gasteiger partial charge on any atom is -0.726 e. The number of carbonyl (C=O) groups excluding carboxylic acids is 3. The first-order chi connectivity index (χ1) is 22.2. The van der Waals surface area contributed by atoms with E-state index in [9.17, 15) is 34.2 Å². The number of anilines is 3. The quantitative estimate of drug-likeness (QED) is 0.0274. The van der Waals surface area contributed by atoms with Crippen LogP contribution in [-0.4, -0.2) is 111 Å². The van der Waals surface area contributed by atoms with Gasteiger partial charge >= 0.3 is 11.9 Å². The number of nitrogens with one attached hydrogen (secondary N) is 2. The van der Waals surface area contributed by atoms with Gasteiger partial charge in [0.1, 0.15) is 17.1 Å². The Bertz CT molecular complexity index is 1810. The average molecular weight is 736 g/mol. The minimum absolute atomic E-state index is 0.00257. The molecule has 1 saturated heterocycles. The number of carboxylic acids is 2. The zero-order valence-corrected chi connectivity index (χ0v) is 27.5. The number of amides is 3. The van der Waals surface area contributed by atoms with E-state index in [2.05, 4.69) is 25.1 Å². The maximum atomic E-state index is 13.2. The molecule has 4 heterocycles. The van der Waals surface area contributed by atoms with Crippen molar-refractivity contribution in [2.24, 2.45) is 17.9 Å². The van der Waals surface area contributed by atoms with Crippen LogP contribution in [0.15, 0.2) is 22.6 Å². The lowest BCUT2D eigenvalue weighted by Crippen LogP contribution is -2.71. The first-order valence-corrected chi connectivity index (χ1v) is 16.2. The van der Waals surface area contributed by atoms with Crippen molar-refractivity contribution in [2.45, 2.75) is 37.4 Å². The van der Waals surface area contributed by atoms with Gasteiger partial charge in [-0.05, 0) is 13.8 Å². The van der Waals surface area contributed by atoms with Crippen molar-refractivity contribution >= 4 is 85.7 Å². The van der Waals surface area contributed by atoms with Crippen LogP contribution in [0, 0.1) is 0 Å². The second-order valence-electron chi connectivity index (χ2n) is 10.2. The SMILES string of the molecule is Cn1c(N)c(NC(=O)CN)c[n+]1CC1=C(C(=O)O)N2C(=O)[C@@H](NC(=O)/C(=N\OC(C)(C)C(=O)O)c3nsc(N)n3)[C@H]2SC1.O=S(=O)([O-])O. The molecule has 262 valence electrons. The summed E-state index contributed by atoms with van der Waals surface area (Å²) in [7, 11) is -3.31. The van der Waals surface area contributed by atoms with Gasteiger partial charge in [-0.3, -0.25) is 23.8 Å². The highest BCUT2D eigenvalue weighted by atomic mass is 32.3. The van der Waals surface area contributed by atoms with Gasteiger partial charge < -0.3 is 47.4 Å². The van der Waals surface area contributed by atoms with Gasteiger partial charge in [-0.15, -0.1) is 21.1 Å². The zero-order valence-electron chi connectivity index (χ0n) is 25.0. The maximum Gasteiger partial charge on any atom is 0.352 e. The van der Waals surface area contributed by atoms with Crippen molar-refractivity contribution in [3.05, 3.63) is 23.3 Å². The summed E-state index contributed by atoms with van der Waals surface area (Å²) >= 11 is 1.96. The molecule has 0 unspecified atom stereocenters. The van der Waals surface area contributed by atoms with E-state index in [-0.39, 0.29) is 47.0 Å². The Morgan fingerprint density at radius 3 is 2.42 bits per heavy atom. The molecular weight excluding hydrogens is 707 g/mol.